The molecular weight excluding hydrogens is 162 g/mol. The summed E-state index contributed by atoms with van der Waals surface area (Å²) in [5.41, 5.74) is 0. The molecule has 1 rings (SSSR count). The molecule has 0 aromatic rings. The van der Waals surface area contributed by atoms with Crippen molar-refractivity contribution in [3.05, 3.63) is 0 Å². The van der Waals surface area contributed by atoms with Gasteiger partial charge in [0.2, 0.25) is 10.0 Å². The first kappa shape index (κ1) is 9.00. The van der Waals surface area contributed by atoms with Crippen molar-refractivity contribution in [1.82, 2.24) is 4.72 Å². The average molecular weight is 177 g/mol. The Morgan fingerprint density at radius 1 is 1.18 bits per heavy atom. The van der Waals surface area contributed by atoms with Crippen molar-refractivity contribution < 1.29 is 8.42 Å². The van der Waals surface area contributed by atoms with E-state index in [0.717, 1.165) is 25.7 Å². The molecule has 0 spiro atoms. The van der Waals surface area contributed by atoms with E-state index >= 15 is 0 Å². The van der Waals surface area contributed by atoms with Crippen LogP contribution in [0.5, 0.6) is 0 Å². The van der Waals surface area contributed by atoms with Crippen molar-refractivity contribution in [3.8, 4) is 0 Å². The van der Waals surface area contributed by atoms with E-state index in [1.165, 1.54) is 12.7 Å². The van der Waals surface area contributed by atoms with Gasteiger partial charge in [-0.3, -0.25) is 0 Å². The molecule has 1 fully saturated rings. The SMILES string of the molecule is CS(=O)(=O)NC1CCCCC1. The fourth-order valence-electron chi connectivity index (χ4n) is 1.52. The highest BCUT2D eigenvalue weighted by atomic mass is 32.2. The summed E-state index contributed by atoms with van der Waals surface area (Å²) in [5, 5.41) is 0. The van der Waals surface area contributed by atoms with Crippen LogP contribution < -0.4 is 4.72 Å². The summed E-state index contributed by atoms with van der Waals surface area (Å²) in [6, 6.07) is 0.207. The number of hydrogen-bond donors (Lipinski definition) is 1. The molecule has 66 valence electrons. The van der Waals surface area contributed by atoms with Crippen LogP contribution in [0.15, 0.2) is 0 Å². The van der Waals surface area contributed by atoms with E-state index in [0.29, 0.717) is 0 Å². The van der Waals surface area contributed by atoms with E-state index in [1.807, 2.05) is 0 Å². The van der Waals surface area contributed by atoms with Crippen LogP contribution in [0.1, 0.15) is 32.1 Å². The monoisotopic (exact) mass is 177 g/mol. The second-order valence-electron chi connectivity index (χ2n) is 3.22. The molecule has 0 amide bonds. The van der Waals surface area contributed by atoms with Crippen molar-refractivity contribution in [1.29, 1.82) is 0 Å². The molecule has 0 aromatic carbocycles. The molecule has 0 unspecified atom stereocenters. The lowest BCUT2D eigenvalue weighted by Gasteiger charge is -2.21. The lowest BCUT2D eigenvalue weighted by Crippen LogP contribution is -2.35. The van der Waals surface area contributed by atoms with E-state index in [4.69, 9.17) is 0 Å². The smallest absolute Gasteiger partial charge is 0.208 e. The second kappa shape index (κ2) is 3.54. The predicted molar refractivity (Wildman–Crippen MR) is 44.9 cm³/mol. The minimum atomic E-state index is -2.97. The topological polar surface area (TPSA) is 46.2 Å². The van der Waals surface area contributed by atoms with Crippen LogP contribution in [0.4, 0.5) is 0 Å². The Bertz CT molecular complexity index is 204. The van der Waals surface area contributed by atoms with Gasteiger partial charge < -0.3 is 0 Å². The summed E-state index contributed by atoms with van der Waals surface area (Å²) in [7, 11) is -2.97. The quantitative estimate of drug-likeness (QED) is 0.680. The summed E-state index contributed by atoms with van der Waals surface area (Å²) in [6.07, 6.45) is 6.81. The van der Waals surface area contributed by atoms with Crippen LogP contribution in [0.25, 0.3) is 0 Å². The molecule has 4 heteroatoms. The van der Waals surface area contributed by atoms with E-state index in [1.54, 1.807) is 0 Å². The Hall–Kier alpha value is -0.0900. The third-order valence-electron chi connectivity index (χ3n) is 1.99. The van der Waals surface area contributed by atoms with Crippen LogP contribution in [-0.4, -0.2) is 20.7 Å². The first-order chi connectivity index (χ1) is 5.08. The summed E-state index contributed by atoms with van der Waals surface area (Å²) in [6.45, 7) is 0. The van der Waals surface area contributed by atoms with Crippen molar-refractivity contribution in [2.24, 2.45) is 0 Å². The molecule has 3 nitrogen and oxygen atoms in total. The van der Waals surface area contributed by atoms with E-state index in [2.05, 4.69) is 4.72 Å². The second-order valence-corrected chi connectivity index (χ2v) is 5.00. The largest absolute Gasteiger partial charge is 0.213 e. The third-order valence-corrected chi connectivity index (χ3v) is 2.75. The zero-order chi connectivity index (χ0) is 8.32. The molecule has 1 aliphatic carbocycles. The van der Waals surface area contributed by atoms with Crippen LogP contribution in [-0.2, 0) is 10.0 Å². The van der Waals surface area contributed by atoms with Gasteiger partial charge in [-0.25, -0.2) is 13.1 Å². The predicted octanol–water partition coefficient (Wildman–Crippen LogP) is 0.868. The fourth-order valence-corrected chi connectivity index (χ4v) is 2.36. The van der Waals surface area contributed by atoms with E-state index < -0.39 is 10.0 Å². The molecule has 11 heavy (non-hydrogen) atoms. The number of rotatable bonds is 2. The standard InChI is InChI=1S/C7H15NO2S/c1-11(9,10)8-7-5-3-2-4-6-7/h7-8H,2-6H2,1H3. The van der Waals surface area contributed by atoms with E-state index in [-0.39, 0.29) is 6.04 Å². The molecule has 0 aliphatic heterocycles. The van der Waals surface area contributed by atoms with Crippen molar-refractivity contribution in [2.45, 2.75) is 38.1 Å². The minimum Gasteiger partial charge on any atom is -0.213 e. The highest BCUT2D eigenvalue weighted by molar-refractivity contribution is 7.88. The van der Waals surface area contributed by atoms with Gasteiger partial charge in [0.1, 0.15) is 0 Å². The van der Waals surface area contributed by atoms with Gasteiger partial charge in [0.15, 0.2) is 0 Å². The fraction of sp³-hybridized carbons (Fsp3) is 1.00. The number of hydrogen-bond acceptors (Lipinski definition) is 2. The number of nitrogens with one attached hydrogen (secondary N) is 1. The molecule has 0 heterocycles. The summed E-state index contributed by atoms with van der Waals surface area (Å²) >= 11 is 0. The van der Waals surface area contributed by atoms with Gasteiger partial charge in [0.25, 0.3) is 0 Å². The zero-order valence-electron chi connectivity index (χ0n) is 6.84. The maximum atomic E-state index is 10.8. The van der Waals surface area contributed by atoms with Crippen LogP contribution in [0.2, 0.25) is 0 Å². The molecular formula is C7H15NO2S. The van der Waals surface area contributed by atoms with Gasteiger partial charge >= 0.3 is 0 Å². The lowest BCUT2D eigenvalue weighted by atomic mass is 9.96. The van der Waals surface area contributed by atoms with Gasteiger partial charge in [0, 0.05) is 6.04 Å². The lowest BCUT2D eigenvalue weighted by molar-refractivity contribution is 0.413. The van der Waals surface area contributed by atoms with Crippen LogP contribution >= 0.6 is 0 Å². The minimum absolute atomic E-state index is 0.207. The highest BCUT2D eigenvalue weighted by Crippen LogP contribution is 2.17. The van der Waals surface area contributed by atoms with Crippen molar-refractivity contribution in [3.63, 3.8) is 0 Å². The van der Waals surface area contributed by atoms with Crippen LogP contribution in [0, 0.1) is 0 Å². The average Bonchev–Trinajstić information content (AvgIpc) is 1.85. The maximum absolute atomic E-state index is 10.8. The van der Waals surface area contributed by atoms with Gasteiger partial charge in [-0.1, -0.05) is 19.3 Å². The Morgan fingerprint density at radius 3 is 2.18 bits per heavy atom. The Kier molecular flexibility index (Phi) is 2.90. The summed E-state index contributed by atoms with van der Waals surface area (Å²) < 4.78 is 24.2. The summed E-state index contributed by atoms with van der Waals surface area (Å²) in [4.78, 5) is 0. The van der Waals surface area contributed by atoms with Gasteiger partial charge in [-0.2, -0.15) is 0 Å². The van der Waals surface area contributed by atoms with Crippen molar-refractivity contribution >= 4 is 10.0 Å². The molecule has 0 bridgehead atoms. The zero-order valence-corrected chi connectivity index (χ0v) is 7.65. The Morgan fingerprint density at radius 2 is 1.73 bits per heavy atom. The Labute approximate surface area is 68.2 Å². The van der Waals surface area contributed by atoms with Gasteiger partial charge in [0.05, 0.1) is 6.26 Å². The third kappa shape index (κ3) is 3.72. The molecule has 1 aliphatic rings. The molecule has 0 atom stereocenters. The maximum Gasteiger partial charge on any atom is 0.208 e. The molecule has 0 radical (unpaired) electrons. The first-order valence-corrected chi connectivity index (χ1v) is 5.94. The van der Waals surface area contributed by atoms with Gasteiger partial charge in [-0.05, 0) is 12.8 Å². The normalized spacial score (nSPS) is 21.9. The first-order valence-electron chi connectivity index (χ1n) is 4.05. The molecule has 1 N–H and O–H groups in total. The highest BCUT2D eigenvalue weighted by Gasteiger charge is 2.16. The molecule has 0 saturated heterocycles. The van der Waals surface area contributed by atoms with Crippen molar-refractivity contribution in [2.75, 3.05) is 6.26 Å². The van der Waals surface area contributed by atoms with Crippen LogP contribution in [0.3, 0.4) is 0 Å². The molecule has 0 aromatic heterocycles. The van der Waals surface area contributed by atoms with E-state index in [9.17, 15) is 8.42 Å². The van der Waals surface area contributed by atoms with Gasteiger partial charge in [-0.15, -0.1) is 0 Å². The number of sulfonamides is 1. The molecule has 1 saturated carbocycles. The Balaban J connectivity index is 2.36. The summed E-state index contributed by atoms with van der Waals surface area (Å²) in [5.74, 6) is 0.